The topological polar surface area (TPSA) is 13.1 Å². The van der Waals surface area contributed by atoms with Crippen LogP contribution in [0.3, 0.4) is 0 Å². The van der Waals surface area contributed by atoms with E-state index in [4.69, 9.17) is 4.42 Å². The Balaban J connectivity index is 2.35. The van der Waals surface area contributed by atoms with E-state index in [-0.39, 0.29) is 0 Å². The molecule has 1 aromatic heterocycles. The Hall–Kier alpha value is -0.240. The largest absolute Gasteiger partial charge is 0.468 e. The summed E-state index contributed by atoms with van der Waals surface area (Å²) in [5, 5.41) is 0. The second kappa shape index (κ2) is 1.87. The van der Waals surface area contributed by atoms with Gasteiger partial charge in [-0.1, -0.05) is 0 Å². The van der Waals surface area contributed by atoms with Gasteiger partial charge in [-0.25, -0.2) is 0 Å². The van der Waals surface area contributed by atoms with Crippen molar-refractivity contribution in [2.24, 2.45) is 0 Å². The molecule has 48 valence electrons. The van der Waals surface area contributed by atoms with Crippen LogP contribution >= 0.6 is 15.9 Å². The maximum absolute atomic E-state index is 5.24. The molecule has 2 rings (SSSR count). The monoisotopic (exact) mass is 186 g/mol. The summed E-state index contributed by atoms with van der Waals surface area (Å²) in [6.45, 7) is 0. The molecule has 0 spiro atoms. The molecule has 1 aromatic rings. The van der Waals surface area contributed by atoms with Crippen molar-refractivity contribution >= 4 is 15.9 Å². The van der Waals surface area contributed by atoms with Crippen molar-refractivity contribution in [3.05, 3.63) is 22.6 Å². The minimum Gasteiger partial charge on any atom is -0.468 e. The molecule has 0 atom stereocenters. The summed E-state index contributed by atoms with van der Waals surface area (Å²) in [6, 6.07) is 1.95. The van der Waals surface area contributed by atoms with E-state index < -0.39 is 0 Å². The molecule has 1 heterocycles. The zero-order chi connectivity index (χ0) is 6.27. The molecule has 0 aliphatic heterocycles. The molecule has 1 saturated carbocycles. The van der Waals surface area contributed by atoms with Gasteiger partial charge in [0.2, 0.25) is 0 Å². The number of halogens is 1. The van der Waals surface area contributed by atoms with E-state index in [0.717, 1.165) is 16.2 Å². The summed E-state index contributed by atoms with van der Waals surface area (Å²) in [5.74, 6) is 1.85. The van der Waals surface area contributed by atoms with Crippen LogP contribution in [0.4, 0.5) is 0 Å². The normalized spacial score (nSPS) is 18.3. The van der Waals surface area contributed by atoms with Crippen LogP contribution in [0.15, 0.2) is 21.2 Å². The van der Waals surface area contributed by atoms with Crippen LogP contribution in [0, 0.1) is 0 Å². The van der Waals surface area contributed by atoms with Crippen molar-refractivity contribution < 1.29 is 4.42 Å². The first-order valence-electron chi connectivity index (χ1n) is 3.11. The van der Waals surface area contributed by atoms with Gasteiger partial charge in [0, 0.05) is 5.92 Å². The lowest BCUT2D eigenvalue weighted by atomic mass is 10.3. The van der Waals surface area contributed by atoms with Gasteiger partial charge < -0.3 is 4.42 Å². The maximum Gasteiger partial charge on any atom is 0.120 e. The summed E-state index contributed by atoms with van der Waals surface area (Å²) in [7, 11) is 0. The minimum atomic E-state index is 0.717. The van der Waals surface area contributed by atoms with Gasteiger partial charge in [-0.15, -0.1) is 0 Å². The summed E-state index contributed by atoms with van der Waals surface area (Å²) in [4.78, 5) is 0. The fourth-order valence-corrected chi connectivity index (χ4v) is 1.47. The predicted octanol–water partition coefficient (Wildman–Crippen LogP) is 2.92. The number of hydrogen-bond donors (Lipinski definition) is 0. The second-order valence-electron chi connectivity index (χ2n) is 2.41. The van der Waals surface area contributed by atoms with Gasteiger partial charge in [0.15, 0.2) is 0 Å². The predicted molar refractivity (Wildman–Crippen MR) is 38.4 cm³/mol. The Kier molecular flexibility index (Phi) is 1.15. The van der Waals surface area contributed by atoms with Gasteiger partial charge >= 0.3 is 0 Å². The van der Waals surface area contributed by atoms with Gasteiger partial charge in [0.05, 0.1) is 10.7 Å². The summed E-state index contributed by atoms with van der Waals surface area (Å²) < 4.78 is 6.37. The molecule has 1 aliphatic rings. The molecule has 9 heavy (non-hydrogen) atoms. The molecule has 0 unspecified atom stereocenters. The lowest BCUT2D eigenvalue weighted by Crippen LogP contribution is -1.70. The molecule has 0 radical (unpaired) electrons. The molecular formula is C7H7BrO. The van der Waals surface area contributed by atoms with Gasteiger partial charge in [-0.05, 0) is 34.8 Å². The standard InChI is InChI=1S/C7H7BrO/c8-6-3-4-9-7(6)5-1-2-5/h3-5H,1-2H2. The second-order valence-corrected chi connectivity index (χ2v) is 3.26. The van der Waals surface area contributed by atoms with E-state index >= 15 is 0 Å². The third kappa shape index (κ3) is 0.917. The Morgan fingerprint density at radius 2 is 2.33 bits per heavy atom. The Morgan fingerprint density at radius 1 is 1.56 bits per heavy atom. The third-order valence-corrected chi connectivity index (χ3v) is 2.25. The molecule has 1 fully saturated rings. The van der Waals surface area contributed by atoms with E-state index in [1.165, 1.54) is 12.8 Å². The van der Waals surface area contributed by atoms with Crippen LogP contribution in [0.2, 0.25) is 0 Å². The zero-order valence-corrected chi connectivity index (χ0v) is 6.52. The van der Waals surface area contributed by atoms with E-state index in [9.17, 15) is 0 Å². The average molecular weight is 187 g/mol. The van der Waals surface area contributed by atoms with Crippen LogP contribution < -0.4 is 0 Å². The van der Waals surface area contributed by atoms with Crippen LogP contribution in [-0.2, 0) is 0 Å². The van der Waals surface area contributed by atoms with Crippen molar-refractivity contribution in [3.8, 4) is 0 Å². The average Bonchev–Trinajstić information content (AvgIpc) is 2.58. The summed E-state index contributed by atoms with van der Waals surface area (Å²) in [6.07, 6.45) is 4.33. The highest BCUT2D eigenvalue weighted by Gasteiger charge is 2.28. The van der Waals surface area contributed by atoms with Crippen molar-refractivity contribution in [3.63, 3.8) is 0 Å². The molecular weight excluding hydrogens is 180 g/mol. The Bertz CT molecular complexity index is 212. The fraction of sp³-hybridized carbons (Fsp3) is 0.429. The Morgan fingerprint density at radius 3 is 2.78 bits per heavy atom. The lowest BCUT2D eigenvalue weighted by molar-refractivity contribution is 0.510. The van der Waals surface area contributed by atoms with Gasteiger partial charge in [0.25, 0.3) is 0 Å². The quantitative estimate of drug-likeness (QED) is 0.658. The zero-order valence-electron chi connectivity index (χ0n) is 4.93. The van der Waals surface area contributed by atoms with Crippen molar-refractivity contribution in [1.82, 2.24) is 0 Å². The van der Waals surface area contributed by atoms with E-state index in [1.54, 1.807) is 6.26 Å². The van der Waals surface area contributed by atoms with Gasteiger partial charge in [-0.2, -0.15) is 0 Å². The highest BCUT2D eigenvalue weighted by atomic mass is 79.9. The van der Waals surface area contributed by atoms with E-state index in [0.29, 0.717) is 0 Å². The van der Waals surface area contributed by atoms with Crippen LogP contribution in [-0.4, -0.2) is 0 Å². The first kappa shape index (κ1) is 5.54. The number of furan rings is 1. The number of rotatable bonds is 1. The molecule has 0 N–H and O–H groups in total. The first-order chi connectivity index (χ1) is 4.38. The SMILES string of the molecule is Brc1ccoc1C1CC1. The maximum atomic E-state index is 5.24. The smallest absolute Gasteiger partial charge is 0.120 e. The van der Waals surface area contributed by atoms with Crippen LogP contribution in [0.5, 0.6) is 0 Å². The molecule has 1 aliphatic carbocycles. The van der Waals surface area contributed by atoms with Crippen LogP contribution in [0.25, 0.3) is 0 Å². The van der Waals surface area contributed by atoms with E-state index in [2.05, 4.69) is 15.9 Å². The molecule has 2 heteroatoms. The highest BCUT2D eigenvalue weighted by Crippen LogP contribution is 2.43. The molecule has 1 nitrogen and oxygen atoms in total. The van der Waals surface area contributed by atoms with Crippen LogP contribution in [0.1, 0.15) is 24.5 Å². The summed E-state index contributed by atoms with van der Waals surface area (Å²) in [5.41, 5.74) is 0. The lowest BCUT2D eigenvalue weighted by Gasteiger charge is -1.88. The minimum absolute atomic E-state index is 0.717. The first-order valence-corrected chi connectivity index (χ1v) is 3.90. The molecule has 0 aromatic carbocycles. The Labute approximate surface area is 62.2 Å². The molecule has 0 saturated heterocycles. The highest BCUT2D eigenvalue weighted by molar-refractivity contribution is 9.10. The third-order valence-electron chi connectivity index (χ3n) is 1.59. The number of hydrogen-bond acceptors (Lipinski definition) is 1. The van der Waals surface area contributed by atoms with Gasteiger partial charge in [-0.3, -0.25) is 0 Å². The summed E-state index contributed by atoms with van der Waals surface area (Å²) >= 11 is 3.41. The van der Waals surface area contributed by atoms with Crippen molar-refractivity contribution in [2.45, 2.75) is 18.8 Å². The van der Waals surface area contributed by atoms with Gasteiger partial charge in [0.1, 0.15) is 5.76 Å². The van der Waals surface area contributed by atoms with E-state index in [1.807, 2.05) is 6.07 Å². The van der Waals surface area contributed by atoms with Crippen molar-refractivity contribution in [1.29, 1.82) is 0 Å². The molecule has 0 bridgehead atoms. The fourth-order valence-electron chi connectivity index (χ4n) is 0.942. The van der Waals surface area contributed by atoms with Crippen molar-refractivity contribution in [2.75, 3.05) is 0 Å². The molecule has 0 amide bonds.